The van der Waals surface area contributed by atoms with Crippen LogP contribution in [-0.4, -0.2) is 12.3 Å². The van der Waals surface area contributed by atoms with Crippen molar-refractivity contribution in [2.75, 3.05) is 35.3 Å². The van der Waals surface area contributed by atoms with E-state index < -0.39 is 0 Å². The molecule has 2 rings (SSSR count). The molecule has 0 saturated carbocycles. The lowest BCUT2D eigenvalue weighted by Gasteiger charge is -2.10. The molecule has 0 aliphatic carbocycles. The van der Waals surface area contributed by atoms with Crippen molar-refractivity contribution in [1.82, 2.24) is 0 Å². The Kier molecular flexibility index (Phi) is 5.05. The summed E-state index contributed by atoms with van der Waals surface area (Å²) in [6.45, 7) is 0. The maximum Gasteiger partial charge on any atom is 0.0623 e. The van der Waals surface area contributed by atoms with Crippen molar-refractivity contribution >= 4 is 50.5 Å². The van der Waals surface area contributed by atoms with Crippen LogP contribution in [0, 0.1) is 0 Å². The van der Waals surface area contributed by atoms with Gasteiger partial charge in [0, 0.05) is 0 Å². The molecule has 6 heteroatoms. The predicted octanol–water partition coefficient (Wildman–Crippen LogP) is 1.32. The van der Waals surface area contributed by atoms with E-state index >= 15 is 0 Å². The van der Waals surface area contributed by atoms with E-state index in [1.165, 1.54) is 0 Å². The van der Waals surface area contributed by atoms with Crippen LogP contribution in [0.1, 0.15) is 0 Å². The number of hydrogen-bond donors (Lipinski definition) is 4. The summed E-state index contributed by atoms with van der Waals surface area (Å²) in [5.74, 6) is 0. The molecule has 0 spiro atoms. The van der Waals surface area contributed by atoms with Crippen LogP contribution in [0.3, 0.4) is 0 Å². The molecule has 0 amide bonds. The number of benzene rings is 2. The molecule has 2 atom stereocenters. The monoisotopic (exact) mass is 306 g/mol. The number of anilines is 4. The third-order valence-corrected chi connectivity index (χ3v) is 6.17. The van der Waals surface area contributed by atoms with Crippen molar-refractivity contribution in [2.45, 2.75) is 0 Å². The lowest BCUT2D eigenvalue weighted by molar-refractivity contribution is 1.54. The summed E-state index contributed by atoms with van der Waals surface area (Å²) < 4.78 is 0. The van der Waals surface area contributed by atoms with E-state index in [0.29, 0.717) is 28.5 Å². The van der Waals surface area contributed by atoms with E-state index in [1.807, 2.05) is 36.4 Å². The van der Waals surface area contributed by atoms with Gasteiger partial charge in [-0.2, -0.15) is 0 Å². The average molecular weight is 306 g/mol. The first-order chi connectivity index (χ1) is 9.59. The molecule has 0 aromatic heterocycles. The summed E-state index contributed by atoms with van der Waals surface area (Å²) in [5.41, 5.74) is 26.3. The van der Waals surface area contributed by atoms with Gasteiger partial charge in [-0.1, -0.05) is 41.4 Å². The molecular weight excluding hydrogens is 286 g/mol. The van der Waals surface area contributed by atoms with E-state index in [2.05, 4.69) is 0 Å². The Labute approximate surface area is 122 Å². The molecule has 4 nitrogen and oxygen atoms in total. The molecule has 0 radical (unpaired) electrons. The first-order valence-corrected chi connectivity index (χ1v) is 8.76. The van der Waals surface area contributed by atoms with Crippen molar-refractivity contribution < 1.29 is 0 Å². The quantitative estimate of drug-likeness (QED) is 0.380. The van der Waals surface area contributed by atoms with Crippen LogP contribution in [0.15, 0.2) is 36.4 Å². The van der Waals surface area contributed by atoms with Gasteiger partial charge < -0.3 is 22.9 Å². The van der Waals surface area contributed by atoms with Gasteiger partial charge in [-0.15, -0.1) is 0 Å². The van der Waals surface area contributed by atoms with Crippen molar-refractivity contribution in [3.05, 3.63) is 36.4 Å². The van der Waals surface area contributed by atoms with Gasteiger partial charge in [0.15, 0.2) is 0 Å². The van der Waals surface area contributed by atoms with Gasteiger partial charge in [-0.05, 0) is 35.1 Å². The summed E-state index contributed by atoms with van der Waals surface area (Å²) in [5, 5.41) is 2.30. The molecule has 8 N–H and O–H groups in total. The lowest BCUT2D eigenvalue weighted by atomic mass is 10.3. The van der Waals surface area contributed by atoms with E-state index in [4.69, 9.17) is 22.9 Å². The summed E-state index contributed by atoms with van der Waals surface area (Å²) >= 11 is 0. The molecule has 2 unspecified atom stereocenters. The Morgan fingerprint density at radius 3 is 1.45 bits per heavy atom. The van der Waals surface area contributed by atoms with Crippen molar-refractivity contribution in [1.29, 1.82) is 0 Å². The zero-order valence-electron chi connectivity index (χ0n) is 11.2. The molecule has 106 valence electrons. The van der Waals surface area contributed by atoms with Crippen LogP contribution in [0.5, 0.6) is 0 Å². The van der Waals surface area contributed by atoms with Crippen LogP contribution in [-0.2, 0) is 0 Å². The predicted molar refractivity (Wildman–Crippen MR) is 96.2 cm³/mol. The van der Waals surface area contributed by atoms with Crippen LogP contribution in [0.4, 0.5) is 22.7 Å². The minimum atomic E-state index is 0.664. The second-order valence-electron chi connectivity index (χ2n) is 4.47. The van der Waals surface area contributed by atoms with Crippen LogP contribution >= 0.6 is 17.2 Å². The molecule has 20 heavy (non-hydrogen) atoms. The van der Waals surface area contributed by atoms with Gasteiger partial charge in [0.05, 0.1) is 22.7 Å². The highest BCUT2D eigenvalue weighted by Gasteiger charge is 2.04. The molecule has 0 saturated heterocycles. The fourth-order valence-electron chi connectivity index (χ4n) is 1.87. The van der Waals surface area contributed by atoms with Gasteiger partial charge in [-0.3, -0.25) is 0 Å². The zero-order chi connectivity index (χ0) is 14.5. The number of nitrogen functional groups attached to an aromatic ring is 4. The van der Waals surface area contributed by atoms with E-state index in [0.717, 1.165) is 34.3 Å². The third-order valence-electron chi connectivity index (χ3n) is 3.04. The number of rotatable bonds is 5. The Hall–Kier alpha value is -1.50. The van der Waals surface area contributed by atoms with Crippen LogP contribution in [0.2, 0.25) is 0 Å². The first kappa shape index (κ1) is 14.9. The largest absolute Gasteiger partial charge is 0.397 e. The summed E-state index contributed by atoms with van der Waals surface area (Å²) in [4.78, 5) is 0. The second kappa shape index (κ2) is 6.78. The van der Waals surface area contributed by atoms with Crippen molar-refractivity contribution in [3.8, 4) is 0 Å². The molecule has 0 fully saturated rings. The number of para-hydroxylation sites is 2. The molecule has 0 bridgehead atoms. The molecule has 0 heterocycles. The summed E-state index contributed by atoms with van der Waals surface area (Å²) in [7, 11) is 1.35. The van der Waals surface area contributed by atoms with Gasteiger partial charge in [0.1, 0.15) is 0 Å². The fraction of sp³-hybridized carbons (Fsp3) is 0.143. The SMILES string of the molecule is Nc1cccc(PCCPc2cccc(N)c2N)c1N. The summed E-state index contributed by atoms with van der Waals surface area (Å²) in [6, 6.07) is 11.7. The van der Waals surface area contributed by atoms with Crippen LogP contribution in [0.25, 0.3) is 0 Å². The smallest absolute Gasteiger partial charge is 0.0623 e. The molecule has 2 aromatic rings. The van der Waals surface area contributed by atoms with Crippen molar-refractivity contribution in [2.24, 2.45) is 0 Å². The van der Waals surface area contributed by atoms with Gasteiger partial charge in [-0.25, -0.2) is 0 Å². The molecular formula is C14H20N4P2. The van der Waals surface area contributed by atoms with Crippen LogP contribution < -0.4 is 33.5 Å². The fourth-order valence-corrected chi connectivity index (χ4v) is 4.51. The molecule has 0 aliphatic heterocycles. The minimum Gasteiger partial charge on any atom is -0.397 e. The van der Waals surface area contributed by atoms with Crippen molar-refractivity contribution in [3.63, 3.8) is 0 Å². The van der Waals surface area contributed by atoms with E-state index in [9.17, 15) is 0 Å². The third kappa shape index (κ3) is 3.53. The van der Waals surface area contributed by atoms with Gasteiger partial charge in [0.25, 0.3) is 0 Å². The summed E-state index contributed by atoms with van der Waals surface area (Å²) in [6.07, 6.45) is 2.17. The number of hydrogen-bond acceptors (Lipinski definition) is 4. The standard InChI is InChI=1S/C14H20N4P2/c15-9-3-1-5-11(13(9)17)19-7-8-20-12-6-2-4-10(16)14(12)18/h1-6,19-20H,7-8,15-18H2. The maximum atomic E-state index is 5.97. The zero-order valence-corrected chi connectivity index (χ0v) is 13.2. The Balaban J connectivity index is 1.88. The Bertz CT molecular complexity index is 548. The molecule has 0 aliphatic rings. The van der Waals surface area contributed by atoms with Gasteiger partial charge in [0.2, 0.25) is 0 Å². The van der Waals surface area contributed by atoms with Gasteiger partial charge >= 0.3 is 0 Å². The molecule has 2 aromatic carbocycles. The van der Waals surface area contributed by atoms with E-state index in [1.54, 1.807) is 0 Å². The highest BCUT2D eigenvalue weighted by molar-refractivity contribution is 7.51. The minimum absolute atomic E-state index is 0.664. The average Bonchev–Trinajstić information content (AvgIpc) is 2.43. The Morgan fingerprint density at radius 2 is 1.05 bits per heavy atom. The highest BCUT2D eigenvalue weighted by atomic mass is 31.1. The van der Waals surface area contributed by atoms with E-state index in [-0.39, 0.29) is 0 Å². The number of nitrogens with two attached hydrogens (primary N) is 4. The Morgan fingerprint density at radius 1 is 0.650 bits per heavy atom. The lowest BCUT2D eigenvalue weighted by Crippen LogP contribution is -2.10. The first-order valence-electron chi connectivity index (χ1n) is 6.35. The maximum absolute atomic E-state index is 5.97. The normalized spacial score (nSPS) is 11.8. The second-order valence-corrected chi connectivity index (χ2v) is 7.25. The topological polar surface area (TPSA) is 104 Å². The highest BCUT2D eigenvalue weighted by Crippen LogP contribution is 2.25.